The van der Waals surface area contributed by atoms with Crippen molar-refractivity contribution in [3.05, 3.63) is 59.9 Å². The first-order chi connectivity index (χ1) is 12.8. The number of fused-ring (bicyclic) bond motifs is 1. The molecule has 1 aliphatic carbocycles. The number of nitrogens with one attached hydrogen (secondary N) is 2. The fourth-order valence-electron chi connectivity index (χ4n) is 3.76. The minimum absolute atomic E-state index is 0.141. The molecule has 0 aromatic heterocycles. The molecule has 2 N–H and O–H groups in total. The van der Waals surface area contributed by atoms with Gasteiger partial charge >= 0.3 is 0 Å². The van der Waals surface area contributed by atoms with Crippen LogP contribution in [0.15, 0.2) is 53.5 Å². The van der Waals surface area contributed by atoms with E-state index in [1.165, 1.54) is 25.3 Å². The van der Waals surface area contributed by atoms with Gasteiger partial charge in [0.05, 0.1) is 23.5 Å². The highest BCUT2D eigenvalue weighted by molar-refractivity contribution is 6.09. The van der Waals surface area contributed by atoms with E-state index in [1.807, 2.05) is 32.0 Å². The Labute approximate surface area is 155 Å². The van der Waals surface area contributed by atoms with Crippen molar-refractivity contribution in [2.24, 2.45) is 4.99 Å². The van der Waals surface area contributed by atoms with E-state index in [4.69, 9.17) is 4.99 Å². The number of rotatable bonds is 2. The number of hydrogen-bond acceptors (Lipinski definition) is 2. The first-order valence-electron chi connectivity index (χ1n) is 9.69. The molecule has 3 nitrogen and oxygen atoms in total. The Balaban J connectivity index is 0.000000948. The van der Waals surface area contributed by atoms with Gasteiger partial charge in [-0.15, -0.1) is 0 Å². The number of halogens is 1. The minimum atomic E-state index is -0.191. The number of hydrogen-bond donors (Lipinski definition) is 2. The lowest BCUT2D eigenvalue weighted by Gasteiger charge is -2.44. The van der Waals surface area contributed by atoms with Crippen LogP contribution in [0.3, 0.4) is 0 Å². The molecule has 2 aliphatic rings. The SMILES string of the molecule is CC.Fc1ccccc1CN=C1Nc2ccccc2NC12CCCCC2. The normalized spacial score (nSPS) is 19.0. The van der Waals surface area contributed by atoms with Gasteiger partial charge < -0.3 is 10.6 Å². The van der Waals surface area contributed by atoms with E-state index in [2.05, 4.69) is 22.8 Å². The molecule has 0 amide bonds. The Kier molecular flexibility index (Phi) is 5.92. The molecule has 1 heterocycles. The summed E-state index contributed by atoms with van der Waals surface area (Å²) >= 11 is 0. The summed E-state index contributed by atoms with van der Waals surface area (Å²) in [6, 6.07) is 15.1. The summed E-state index contributed by atoms with van der Waals surface area (Å²) in [5, 5.41) is 7.24. The van der Waals surface area contributed by atoms with Crippen molar-refractivity contribution < 1.29 is 4.39 Å². The van der Waals surface area contributed by atoms with Crippen molar-refractivity contribution in [2.45, 2.75) is 58.0 Å². The molecule has 4 rings (SSSR count). The van der Waals surface area contributed by atoms with E-state index in [1.54, 1.807) is 12.1 Å². The Morgan fingerprint density at radius 3 is 2.31 bits per heavy atom. The highest BCUT2D eigenvalue weighted by Gasteiger charge is 2.40. The fourth-order valence-corrected chi connectivity index (χ4v) is 3.76. The van der Waals surface area contributed by atoms with Crippen molar-refractivity contribution in [3.8, 4) is 0 Å². The van der Waals surface area contributed by atoms with Crippen molar-refractivity contribution in [1.29, 1.82) is 0 Å². The summed E-state index contributed by atoms with van der Waals surface area (Å²) in [4.78, 5) is 4.79. The van der Waals surface area contributed by atoms with Crippen molar-refractivity contribution in [3.63, 3.8) is 0 Å². The number of benzene rings is 2. The molecule has 2 aromatic carbocycles. The topological polar surface area (TPSA) is 36.4 Å². The molecule has 0 bridgehead atoms. The maximum absolute atomic E-state index is 13.9. The maximum Gasteiger partial charge on any atom is 0.128 e. The van der Waals surface area contributed by atoms with Crippen LogP contribution in [0.1, 0.15) is 51.5 Å². The lowest BCUT2D eigenvalue weighted by molar-refractivity contribution is 0.402. The second-order valence-corrected chi connectivity index (χ2v) is 6.69. The summed E-state index contributed by atoms with van der Waals surface area (Å²) < 4.78 is 13.9. The minimum Gasteiger partial charge on any atom is -0.371 e. The summed E-state index contributed by atoms with van der Waals surface area (Å²) in [7, 11) is 0. The molecule has 0 unspecified atom stereocenters. The third kappa shape index (κ3) is 3.74. The van der Waals surface area contributed by atoms with Crippen LogP contribution in [-0.4, -0.2) is 11.4 Å². The fraction of sp³-hybridized carbons (Fsp3) is 0.409. The van der Waals surface area contributed by atoms with E-state index >= 15 is 0 Å². The zero-order valence-electron chi connectivity index (χ0n) is 15.7. The van der Waals surface area contributed by atoms with E-state index in [9.17, 15) is 4.39 Å². The van der Waals surface area contributed by atoms with Gasteiger partial charge in [-0.1, -0.05) is 63.4 Å². The molecule has 1 fully saturated rings. The van der Waals surface area contributed by atoms with Crippen LogP contribution in [0.2, 0.25) is 0 Å². The summed E-state index contributed by atoms with van der Waals surface area (Å²) in [6.45, 7) is 4.36. The first kappa shape index (κ1) is 18.4. The third-order valence-corrected chi connectivity index (χ3v) is 5.08. The Morgan fingerprint density at radius 1 is 0.923 bits per heavy atom. The van der Waals surface area contributed by atoms with Crippen LogP contribution < -0.4 is 10.6 Å². The molecule has 4 heteroatoms. The molecule has 0 radical (unpaired) electrons. The summed E-state index contributed by atoms with van der Waals surface area (Å²) in [5.41, 5.74) is 2.67. The zero-order valence-corrected chi connectivity index (χ0v) is 15.7. The summed E-state index contributed by atoms with van der Waals surface area (Å²) in [6.07, 6.45) is 5.77. The number of aliphatic imine (C=N–C) groups is 1. The molecular formula is C22H28FN3. The average molecular weight is 353 g/mol. The molecular weight excluding hydrogens is 325 g/mol. The van der Waals surface area contributed by atoms with Gasteiger partial charge in [0.2, 0.25) is 0 Å². The summed E-state index contributed by atoms with van der Waals surface area (Å²) in [5.74, 6) is 0.757. The molecule has 138 valence electrons. The van der Waals surface area contributed by atoms with Gasteiger partial charge in [0.1, 0.15) is 11.7 Å². The molecule has 0 atom stereocenters. The van der Waals surface area contributed by atoms with Crippen LogP contribution in [-0.2, 0) is 6.54 Å². The molecule has 0 saturated heterocycles. The van der Waals surface area contributed by atoms with Gasteiger partial charge in [-0.3, -0.25) is 4.99 Å². The largest absolute Gasteiger partial charge is 0.371 e. The monoisotopic (exact) mass is 353 g/mol. The third-order valence-electron chi connectivity index (χ3n) is 5.08. The van der Waals surface area contributed by atoms with Gasteiger partial charge in [-0.05, 0) is 31.0 Å². The van der Waals surface area contributed by atoms with Crippen LogP contribution >= 0.6 is 0 Å². The zero-order chi connectivity index (χ0) is 18.4. The van der Waals surface area contributed by atoms with E-state index < -0.39 is 0 Å². The number of amidine groups is 1. The van der Waals surface area contributed by atoms with Crippen LogP contribution in [0.4, 0.5) is 15.8 Å². The Morgan fingerprint density at radius 2 is 1.58 bits per heavy atom. The van der Waals surface area contributed by atoms with Crippen LogP contribution in [0.25, 0.3) is 0 Å². The van der Waals surface area contributed by atoms with Gasteiger partial charge in [0.15, 0.2) is 0 Å². The predicted molar refractivity (Wildman–Crippen MR) is 108 cm³/mol. The van der Waals surface area contributed by atoms with Gasteiger partial charge in [0, 0.05) is 5.56 Å². The molecule has 1 aliphatic heterocycles. The number of anilines is 2. The van der Waals surface area contributed by atoms with Crippen molar-refractivity contribution in [1.82, 2.24) is 0 Å². The second-order valence-electron chi connectivity index (χ2n) is 6.69. The highest BCUT2D eigenvalue weighted by Crippen LogP contribution is 2.39. The maximum atomic E-state index is 13.9. The molecule has 26 heavy (non-hydrogen) atoms. The van der Waals surface area contributed by atoms with E-state index in [0.717, 1.165) is 30.1 Å². The van der Waals surface area contributed by atoms with Gasteiger partial charge in [-0.25, -0.2) is 4.39 Å². The number of nitrogens with zero attached hydrogens (tertiary/aromatic N) is 1. The predicted octanol–water partition coefficient (Wildman–Crippen LogP) is 5.99. The highest BCUT2D eigenvalue weighted by atomic mass is 19.1. The van der Waals surface area contributed by atoms with Crippen LogP contribution in [0.5, 0.6) is 0 Å². The first-order valence-corrected chi connectivity index (χ1v) is 9.69. The van der Waals surface area contributed by atoms with Gasteiger partial charge in [0.25, 0.3) is 0 Å². The Bertz CT molecular complexity index is 763. The van der Waals surface area contributed by atoms with E-state index in [-0.39, 0.29) is 11.4 Å². The molecule has 2 aromatic rings. The molecule has 1 saturated carbocycles. The van der Waals surface area contributed by atoms with Crippen LogP contribution in [0, 0.1) is 5.82 Å². The quantitative estimate of drug-likeness (QED) is 0.695. The standard InChI is InChI=1S/C20H22FN3.C2H6/c21-16-9-3-2-8-15(16)14-22-19-20(12-6-1-7-13-20)24-18-11-5-4-10-17(18)23-19;1-2/h2-5,8-11,24H,1,6-7,12-14H2,(H,22,23);1-2H3. The lowest BCUT2D eigenvalue weighted by atomic mass is 9.79. The number of para-hydroxylation sites is 2. The van der Waals surface area contributed by atoms with Gasteiger partial charge in [-0.2, -0.15) is 0 Å². The van der Waals surface area contributed by atoms with Crippen molar-refractivity contribution in [2.75, 3.05) is 10.6 Å². The average Bonchev–Trinajstić information content (AvgIpc) is 2.70. The lowest BCUT2D eigenvalue weighted by Crippen LogP contribution is -2.53. The second kappa shape index (κ2) is 8.35. The van der Waals surface area contributed by atoms with E-state index in [0.29, 0.717) is 12.1 Å². The Hall–Kier alpha value is -2.36. The smallest absolute Gasteiger partial charge is 0.128 e. The van der Waals surface area contributed by atoms with Crippen molar-refractivity contribution >= 4 is 17.2 Å². The molecule has 1 spiro atoms.